The van der Waals surface area contributed by atoms with Crippen LogP contribution in [0.3, 0.4) is 0 Å². The lowest BCUT2D eigenvalue weighted by Crippen LogP contribution is -2.00. The standard InChI is InChI=1S/C8H6BrN7O2/c9-6-2-1-5(3-7(6)16(17)18)4-11-15-8(10)12-13-14-15/h1-4H,(H2,10,12,14)/b11-4+. The first-order valence-electron chi connectivity index (χ1n) is 4.60. The van der Waals surface area contributed by atoms with E-state index in [0.717, 1.165) is 4.79 Å². The second-order valence-electron chi connectivity index (χ2n) is 3.14. The summed E-state index contributed by atoms with van der Waals surface area (Å²) in [6.45, 7) is 0. The van der Waals surface area contributed by atoms with Crippen LogP contribution in [0, 0.1) is 10.1 Å². The zero-order chi connectivity index (χ0) is 13.1. The number of benzene rings is 1. The van der Waals surface area contributed by atoms with Gasteiger partial charge in [-0.2, -0.15) is 5.10 Å². The van der Waals surface area contributed by atoms with E-state index in [-0.39, 0.29) is 11.6 Å². The van der Waals surface area contributed by atoms with Crippen molar-refractivity contribution in [3.05, 3.63) is 38.3 Å². The van der Waals surface area contributed by atoms with Crippen LogP contribution in [0.25, 0.3) is 0 Å². The van der Waals surface area contributed by atoms with Gasteiger partial charge in [-0.05, 0) is 32.4 Å². The van der Waals surface area contributed by atoms with E-state index in [1.165, 1.54) is 12.3 Å². The van der Waals surface area contributed by atoms with Gasteiger partial charge >= 0.3 is 0 Å². The molecule has 2 N–H and O–H groups in total. The van der Waals surface area contributed by atoms with Crippen molar-refractivity contribution < 1.29 is 4.92 Å². The van der Waals surface area contributed by atoms with Gasteiger partial charge in [0.25, 0.3) is 11.6 Å². The molecule has 18 heavy (non-hydrogen) atoms. The van der Waals surface area contributed by atoms with Crippen LogP contribution >= 0.6 is 15.9 Å². The van der Waals surface area contributed by atoms with Crippen LogP contribution in [-0.2, 0) is 0 Å². The molecule has 1 aromatic carbocycles. The van der Waals surface area contributed by atoms with E-state index in [4.69, 9.17) is 5.73 Å². The van der Waals surface area contributed by atoms with Gasteiger partial charge < -0.3 is 5.73 Å². The monoisotopic (exact) mass is 311 g/mol. The summed E-state index contributed by atoms with van der Waals surface area (Å²) in [5, 5.41) is 24.8. The van der Waals surface area contributed by atoms with Crippen molar-refractivity contribution >= 4 is 33.8 Å². The van der Waals surface area contributed by atoms with Gasteiger partial charge in [0.2, 0.25) is 0 Å². The third-order valence-corrected chi connectivity index (χ3v) is 2.63. The first-order chi connectivity index (χ1) is 8.58. The molecule has 2 rings (SSSR count). The Morgan fingerprint density at radius 2 is 2.33 bits per heavy atom. The Morgan fingerprint density at radius 1 is 1.56 bits per heavy atom. The highest BCUT2D eigenvalue weighted by Crippen LogP contribution is 2.24. The highest BCUT2D eigenvalue weighted by atomic mass is 79.9. The summed E-state index contributed by atoms with van der Waals surface area (Å²) in [5.74, 6) is 0.0258. The Labute approximate surface area is 109 Å². The molecular weight excluding hydrogens is 306 g/mol. The normalized spacial score (nSPS) is 10.9. The van der Waals surface area contributed by atoms with Crippen LogP contribution in [0.4, 0.5) is 11.6 Å². The fraction of sp³-hybridized carbons (Fsp3) is 0. The first-order valence-corrected chi connectivity index (χ1v) is 5.39. The van der Waals surface area contributed by atoms with Gasteiger partial charge in [-0.15, -0.1) is 0 Å². The maximum atomic E-state index is 10.7. The number of nitro benzene ring substituents is 1. The Morgan fingerprint density at radius 3 is 2.94 bits per heavy atom. The third kappa shape index (κ3) is 2.48. The Balaban J connectivity index is 2.30. The largest absolute Gasteiger partial charge is 0.365 e. The number of hydrogen-bond donors (Lipinski definition) is 1. The van der Waals surface area contributed by atoms with E-state index in [2.05, 4.69) is 36.6 Å². The van der Waals surface area contributed by atoms with Gasteiger partial charge in [-0.25, -0.2) is 0 Å². The molecule has 0 aliphatic rings. The Hall–Kier alpha value is -2.36. The average Bonchev–Trinajstić information content (AvgIpc) is 2.73. The summed E-state index contributed by atoms with van der Waals surface area (Å²) in [5.41, 5.74) is 5.88. The maximum Gasteiger partial charge on any atom is 0.284 e. The number of nitrogens with two attached hydrogens (primary N) is 1. The minimum Gasteiger partial charge on any atom is -0.365 e. The molecular formula is C8H6BrN7O2. The van der Waals surface area contributed by atoms with Crippen molar-refractivity contribution in [3.63, 3.8) is 0 Å². The predicted octanol–water partition coefficient (Wildman–Crippen LogP) is 0.808. The van der Waals surface area contributed by atoms with Gasteiger partial charge in [0.05, 0.1) is 15.6 Å². The van der Waals surface area contributed by atoms with E-state index >= 15 is 0 Å². The molecule has 0 amide bonds. The third-order valence-electron chi connectivity index (χ3n) is 1.96. The molecule has 0 aliphatic heterocycles. The molecule has 0 saturated carbocycles. The second-order valence-corrected chi connectivity index (χ2v) is 3.99. The lowest BCUT2D eigenvalue weighted by Gasteiger charge is -1.97. The second kappa shape index (κ2) is 4.87. The Bertz CT molecular complexity index is 624. The van der Waals surface area contributed by atoms with Gasteiger partial charge in [0.15, 0.2) is 0 Å². The summed E-state index contributed by atoms with van der Waals surface area (Å²) in [6.07, 6.45) is 1.37. The molecule has 1 heterocycles. The summed E-state index contributed by atoms with van der Waals surface area (Å²) in [6, 6.07) is 4.58. The number of nitro groups is 1. The van der Waals surface area contributed by atoms with Crippen molar-refractivity contribution in [2.45, 2.75) is 0 Å². The molecule has 0 radical (unpaired) electrons. The molecule has 0 aliphatic carbocycles. The fourth-order valence-corrected chi connectivity index (χ4v) is 1.53. The summed E-state index contributed by atoms with van der Waals surface area (Å²) in [4.78, 5) is 11.2. The first kappa shape index (κ1) is 12.1. The summed E-state index contributed by atoms with van der Waals surface area (Å²) >= 11 is 3.09. The highest BCUT2D eigenvalue weighted by molar-refractivity contribution is 9.10. The molecule has 10 heteroatoms. The zero-order valence-electron chi connectivity index (χ0n) is 8.76. The molecule has 0 unspecified atom stereocenters. The molecule has 2 aromatic rings. The van der Waals surface area contributed by atoms with Crippen molar-refractivity contribution in [1.82, 2.24) is 20.3 Å². The van der Waals surface area contributed by atoms with Crippen LogP contribution in [0.5, 0.6) is 0 Å². The smallest absolute Gasteiger partial charge is 0.284 e. The van der Waals surface area contributed by atoms with Crippen molar-refractivity contribution in [2.75, 3.05) is 5.73 Å². The highest BCUT2D eigenvalue weighted by Gasteiger charge is 2.11. The van der Waals surface area contributed by atoms with Crippen molar-refractivity contribution in [2.24, 2.45) is 5.10 Å². The van der Waals surface area contributed by atoms with Crippen molar-refractivity contribution in [1.29, 1.82) is 0 Å². The quantitative estimate of drug-likeness (QED) is 0.508. The van der Waals surface area contributed by atoms with E-state index < -0.39 is 4.92 Å². The van der Waals surface area contributed by atoms with Crippen molar-refractivity contribution in [3.8, 4) is 0 Å². The van der Waals surface area contributed by atoms with Gasteiger partial charge in [-0.3, -0.25) is 10.1 Å². The topological polar surface area (TPSA) is 125 Å². The van der Waals surface area contributed by atoms with Gasteiger partial charge in [0, 0.05) is 11.6 Å². The summed E-state index contributed by atoms with van der Waals surface area (Å²) in [7, 11) is 0. The average molecular weight is 312 g/mol. The molecule has 9 nitrogen and oxygen atoms in total. The SMILES string of the molecule is Nc1nnnn1/N=C/c1ccc(Br)c([N+](=O)[O-])c1. The number of nitrogen functional groups attached to an aromatic ring is 1. The van der Waals surface area contributed by atoms with Crippen LogP contribution in [0.1, 0.15) is 5.56 Å². The lowest BCUT2D eigenvalue weighted by molar-refractivity contribution is -0.385. The van der Waals surface area contributed by atoms with E-state index in [0.29, 0.717) is 10.0 Å². The predicted molar refractivity (Wildman–Crippen MR) is 66.0 cm³/mol. The van der Waals surface area contributed by atoms with Crippen LogP contribution in [0.2, 0.25) is 0 Å². The van der Waals surface area contributed by atoms with E-state index in [9.17, 15) is 10.1 Å². The lowest BCUT2D eigenvalue weighted by atomic mass is 10.2. The van der Waals surface area contributed by atoms with Gasteiger partial charge in [0.1, 0.15) is 0 Å². The number of halogens is 1. The zero-order valence-corrected chi connectivity index (χ0v) is 10.4. The molecule has 0 saturated heterocycles. The number of hydrogen-bond acceptors (Lipinski definition) is 7. The molecule has 1 aromatic heterocycles. The van der Waals surface area contributed by atoms with E-state index in [1.807, 2.05) is 0 Å². The fourth-order valence-electron chi connectivity index (χ4n) is 1.14. The minimum atomic E-state index is -0.493. The minimum absolute atomic E-state index is 0.0258. The number of tetrazole rings is 1. The molecule has 0 atom stereocenters. The number of aromatic nitrogens is 4. The molecule has 0 spiro atoms. The number of nitrogens with zero attached hydrogens (tertiary/aromatic N) is 6. The maximum absolute atomic E-state index is 10.7. The molecule has 0 bridgehead atoms. The number of rotatable bonds is 3. The van der Waals surface area contributed by atoms with Crippen LogP contribution < -0.4 is 5.73 Å². The van der Waals surface area contributed by atoms with Gasteiger partial charge in [-0.1, -0.05) is 16.0 Å². The van der Waals surface area contributed by atoms with Crippen LogP contribution in [0.15, 0.2) is 27.8 Å². The molecule has 92 valence electrons. The van der Waals surface area contributed by atoms with Crippen LogP contribution in [-0.4, -0.2) is 31.5 Å². The number of anilines is 1. The molecule has 0 fully saturated rings. The summed E-state index contributed by atoms with van der Waals surface area (Å²) < 4.78 is 0.395. The van der Waals surface area contributed by atoms with E-state index in [1.54, 1.807) is 12.1 Å². The Kier molecular flexibility index (Phi) is 3.28.